The Hall–Kier alpha value is -1.85. The zero-order valence-corrected chi connectivity index (χ0v) is 9.49. The van der Waals surface area contributed by atoms with Crippen molar-refractivity contribution in [3.05, 3.63) is 17.2 Å². The Bertz CT molecular complexity index is 362. The predicted molar refractivity (Wildman–Crippen MR) is 54.3 cm³/mol. The number of imidazole rings is 1. The summed E-state index contributed by atoms with van der Waals surface area (Å²) in [6.07, 6.45) is 0. The molecule has 0 bridgehead atoms. The van der Waals surface area contributed by atoms with Gasteiger partial charge in [-0.2, -0.15) is 0 Å². The number of ether oxygens (including phenoxy) is 2. The molecule has 0 atom stereocenters. The largest absolute Gasteiger partial charge is 0.459 e. The summed E-state index contributed by atoms with van der Waals surface area (Å²) in [6, 6.07) is 0. The van der Waals surface area contributed by atoms with Gasteiger partial charge in [0.05, 0.1) is 5.69 Å². The molecule has 0 fully saturated rings. The van der Waals surface area contributed by atoms with Gasteiger partial charge >= 0.3 is 11.9 Å². The molecule has 6 heteroatoms. The van der Waals surface area contributed by atoms with Crippen molar-refractivity contribution >= 4 is 11.9 Å². The lowest BCUT2D eigenvalue weighted by molar-refractivity contribution is -0.144. The first-order chi connectivity index (χ1) is 7.49. The number of H-pyrrole nitrogens is 1. The molecule has 88 valence electrons. The monoisotopic (exact) mass is 226 g/mol. The van der Waals surface area contributed by atoms with Crippen molar-refractivity contribution in [3.63, 3.8) is 0 Å². The highest BCUT2D eigenvalue weighted by Gasteiger charge is 2.10. The quantitative estimate of drug-likeness (QED) is 0.769. The van der Waals surface area contributed by atoms with Crippen LogP contribution in [0.4, 0.5) is 0 Å². The van der Waals surface area contributed by atoms with Gasteiger partial charge in [-0.25, -0.2) is 4.98 Å². The third kappa shape index (κ3) is 3.72. The van der Waals surface area contributed by atoms with E-state index in [4.69, 9.17) is 9.47 Å². The maximum absolute atomic E-state index is 10.7. The van der Waals surface area contributed by atoms with Crippen LogP contribution in [-0.4, -0.2) is 21.9 Å². The molecule has 1 heterocycles. The summed E-state index contributed by atoms with van der Waals surface area (Å²) in [6.45, 7) is 4.61. The molecule has 0 amide bonds. The van der Waals surface area contributed by atoms with E-state index < -0.39 is 0 Å². The van der Waals surface area contributed by atoms with Crippen molar-refractivity contribution in [1.29, 1.82) is 0 Å². The molecular formula is C10H14N2O4. The molecule has 16 heavy (non-hydrogen) atoms. The third-order valence-electron chi connectivity index (χ3n) is 1.81. The van der Waals surface area contributed by atoms with Gasteiger partial charge in [-0.1, -0.05) is 0 Å². The van der Waals surface area contributed by atoms with Crippen molar-refractivity contribution < 1.29 is 19.1 Å². The molecule has 1 aromatic rings. The summed E-state index contributed by atoms with van der Waals surface area (Å²) >= 11 is 0. The van der Waals surface area contributed by atoms with Crippen molar-refractivity contribution in [3.8, 4) is 0 Å². The van der Waals surface area contributed by atoms with Crippen LogP contribution in [0.2, 0.25) is 0 Å². The van der Waals surface area contributed by atoms with Crippen molar-refractivity contribution in [2.24, 2.45) is 0 Å². The second-order valence-electron chi connectivity index (χ2n) is 3.31. The van der Waals surface area contributed by atoms with Crippen LogP contribution in [0.15, 0.2) is 0 Å². The lowest BCUT2D eigenvalue weighted by Crippen LogP contribution is -2.05. The van der Waals surface area contributed by atoms with Crippen molar-refractivity contribution in [2.45, 2.75) is 34.0 Å². The number of rotatable bonds is 4. The molecule has 0 aliphatic rings. The van der Waals surface area contributed by atoms with Gasteiger partial charge in [-0.15, -0.1) is 0 Å². The summed E-state index contributed by atoms with van der Waals surface area (Å²) in [5.41, 5.74) is 1.22. The first-order valence-electron chi connectivity index (χ1n) is 4.80. The Morgan fingerprint density at radius 1 is 1.19 bits per heavy atom. The number of hydrogen-bond donors (Lipinski definition) is 1. The standard InChI is InChI=1S/C10H14N2O4/c1-6-11-9(4-15-7(2)13)10(12-6)5-16-8(3)14/h4-5H2,1-3H3,(H,11,12). The minimum Gasteiger partial charge on any atom is -0.459 e. The molecule has 1 rings (SSSR count). The second-order valence-corrected chi connectivity index (χ2v) is 3.31. The molecule has 0 unspecified atom stereocenters. The molecule has 6 nitrogen and oxygen atoms in total. The highest BCUT2D eigenvalue weighted by molar-refractivity contribution is 5.66. The lowest BCUT2D eigenvalue weighted by atomic mass is 10.3. The number of carbonyl (C=O) groups excluding carboxylic acids is 2. The minimum atomic E-state index is -0.376. The van der Waals surface area contributed by atoms with Crippen molar-refractivity contribution in [2.75, 3.05) is 0 Å². The van der Waals surface area contributed by atoms with Gasteiger partial charge in [0, 0.05) is 13.8 Å². The predicted octanol–water partition coefficient (Wildman–Crippen LogP) is 0.844. The average Bonchev–Trinajstić information content (AvgIpc) is 2.52. The zero-order valence-electron chi connectivity index (χ0n) is 9.49. The average molecular weight is 226 g/mol. The van der Waals surface area contributed by atoms with E-state index in [-0.39, 0.29) is 25.2 Å². The summed E-state index contributed by atoms with van der Waals surface area (Å²) in [5, 5.41) is 0. The number of carbonyl (C=O) groups is 2. The number of hydrogen-bond acceptors (Lipinski definition) is 5. The van der Waals surface area contributed by atoms with Crippen LogP contribution < -0.4 is 0 Å². The van der Waals surface area contributed by atoms with E-state index in [0.717, 1.165) is 0 Å². The number of aryl methyl sites for hydroxylation is 1. The Morgan fingerprint density at radius 2 is 1.75 bits per heavy atom. The molecule has 0 radical (unpaired) electrons. The maximum atomic E-state index is 10.7. The molecule has 0 aromatic carbocycles. The molecular weight excluding hydrogens is 212 g/mol. The van der Waals surface area contributed by atoms with E-state index >= 15 is 0 Å². The van der Waals surface area contributed by atoms with E-state index in [2.05, 4.69) is 9.97 Å². The second kappa shape index (κ2) is 5.29. The number of aromatic nitrogens is 2. The molecule has 0 aliphatic heterocycles. The van der Waals surface area contributed by atoms with Gasteiger partial charge < -0.3 is 14.5 Å². The third-order valence-corrected chi connectivity index (χ3v) is 1.81. The summed E-state index contributed by atoms with van der Waals surface area (Å²) in [7, 11) is 0. The van der Waals surface area contributed by atoms with Gasteiger partial charge in [-0.05, 0) is 6.92 Å². The number of nitrogens with one attached hydrogen (secondary N) is 1. The first kappa shape index (κ1) is 12.2. The minimum absolute atomic E-state index is 0.0796. The Balaban J connectivity index is 2.67. The van der Waals surface area contributed by atoms with Gasteiger partial charge in [0.1, 0.15) is 24.7 Å². The SMILES string of the molecule is CC(=O)OCc1nc(C)[nH]c1COC(C)=O. The van der Waals surface area contributed by atoms with E-state index in [1.54, 1.807) is 6.92 Å². The van der Waals surface area contributed by atoms with Crippen molar-refractivity contribution in [1.82, 2.24) is 9.97 Å². The molecule has 0 aliphatic carbocycles. The number of aromatic amines is 1. The van der Waals surface area contributed by atoms with E-state index in [1.165, 1.54) is 13.8 Å². The van der Waals surface area contributed by atoms with Gasteiger partial charge in [-0.3, -0.25) is 9.59 Å². The summed E-state index contributed by atoms with van der Waals surface area (Å²) < 4.78 is 9.66. The van der Waals surface area contributed by atoms with Gasteiger partial charge in [0.15, 0.2) is 0 Å². The molecule has 1 N–H and O–H groups in total. The fraction of sp³-hybridized carbons (Fsp3) is 0.500. The fourth-order valence-electron chi connectivity index (χ4n) is 1.17. The van der Waals surface area contributed by atoms with Crippen LogP contribution in [0.5, 0.6) is 0 Å². The lowest BCUT2D eigenvalue weighted by Gasteiger charge is -2.03. The molecule has 0 saturated carbocycles. The maximum Gasteiger partial charge on any atom is 0.303 e. The zero-order chi connectivity index (χ0) is 12.1. The highest BCUT2D eigenvalue weighted by atomic mass is 16.5. The number of nitrogens with zero attached hydrogens (tertiary/aromatic N) is 1. The number of esters is 2. The van der Waals surface area contributed by atoms with Gasteiger partial charge in [0.2, 0.25) is 0 Å². The Morgan fingerprint density at radius 3 is 2.31 bits per heavy atom. The molecule has 1 aromatic heterocycles. The first-order valence-corrected chi connectivity index (χ1v) is 4.80. The van der Waals surface area contributed by atoms with Crippen LogP contribution in [0.25, 0.3) is 0 Å². The Labute approximate surface area is 93.0 Å². The van der Waals surface area contributed by atoms with E-state index in [0.29, 0.717) is 17.2 Å². The topological polar surface area (TPSA) is 81.3 Å². The van der Waals surface area contributed by atoms with E-state index in [1.807, 2.05) is 0 Å². The van der Waals surface area contributed by atoms with Crippen LogP contribution in [0.1, 0.15) is 31.1 Å². The fourth-order valence-corrected chi connectivity index (χ4v) is 1.17. The summed E-state index contributed by atoms with van der Waals surface area (Å²) in [5.74, 6) is -0.0610. The highest BCUT2D eigenvalue weighted by Crippen LogP contribution is 2.09. The van der Waals surface area contributed by atoms with Crippen LogP contribution in [-0.2, 0) is 32.3 Å². The smallest absolute Gasteiger partial charge is 0.303 e. The van der Waals surface area contributed by atoms with Gasteiger partial charge in [0.25, 0.3) is 0 Å². The van der Waals surface area contributed by atoms with Crippen LogP contribution >= 0.6 is 0 Å². The molecule has 0 spiro atoms. The normalized spacial score (nSPS) is 9.94. The molecule has 0 saturated heterocycles. The van der Waals surface area contributed by atoms with Crippen LogP contribution in [0.3, 0.4) is 0 Å². The Kier molecular flexibility index (Phi) is 4.04. The summed E-state index contributed by atoms with van der Waals surface area (Å²) in [4.78, 5) is 28.4. The van der Waals surface area contributed by atoms with Crippen LogP contribution in [0, 0.1) is 6.92 Å². The van der Waals surface area contributed by atoms with E-state index in [9.17, 15) is 9.59 Å².